The van der Waals surface area contributed by atoms with Crippen molar-refractivity contribution in [1.29, 1.82) is 0 Å². The maximum atomic E-state index is 13.8. The largest absolute Gasteiger partial charge is 0.497 e. The Morgan fingerprint density at radius 2 is 1.59 bits per heavy atom. The van der Waals surface area contributed by atoms with Crippen LogP contribution in [0.5, 0.6) is 11.5 Å². The van der Waals surface area contributed by atoms with Crippen molar-refractivity contribution >= 4 is 46.1 Å². The van der Waals surface area contributed by atoms with E-state index in [1.54, 1.807) is 54.6 Å². The van der Waals surface area contributed by atoms with Crippen LogP contribution in [0, 0.1) is 6.92 Å². The van der Waals surface area contributed by atoms with Gasteiger partial charge in [-0.05, 0) is 36.2 Å². The molecule has 0 bridgehead atoms. The highest BCUT2D eigenvalue weighted by Crippen LogP contribution is 2.32. The molecule has 0 amide bonds. The number of aliphatic carboxylic acids is 2. The average Bonchev–Trinajstić information content (AvgIpc) is 3.35. The van der Waals surface area contributed by atoms with Crippen molar-refractivity contribution in [2.75, 3.05) is 13.7 Å². The number of rotatable bonds is 10. The van der Waals surface area contributed by atoms with Crippen LogP contribution in [0.3, 0.4) is 0 Å². The molecule has 0 spiro atoms. The first-order valence-electron chi connectivity index (χ1n) is 11.1. The molecule has 0 aliphatic carbocycles. The van der Waals surface area contributed by atoms with Crippen LogP contribution in [0.4, 0.5) is 0 Å². The summed E-state index contributed by atoms with van der Waals surface area (Å²) in [5, 5.41) is 19.4. The molecule has 188 valence electrons. The standard InChI is InChI=1S/C27H22N2O7S/c1-15-3-5-16(6-4-15)26(32)20(11-17-7-9-19(35-2)13-23(17)36-14-24(30)31)25(27(33)34)18-8-10-21-22(12-18)29-37-28-21/h3-10,12-13H,11,14H2,1-2H3,(H,30,31)(H,33,34). The Bertz CT molecular complexity index is 1520. The van der Waals surface area contributed by atoms with E-state index in [0.29, 0.717) is 33.5 Å². The van der Waals surface area contributed by atoms with E-state index in [1.165, 1.54) is 13.2 Å². The molecule has 0 fully saturated rings. The van der Waals surface area contributed by atoms with Crippen molar-refractivity contribution in [1.82, 2.24) is 8.75 Å². The number of fused-ring (bicyclic) bond motifs is 1. The smallest absolute Gasteiger partial charge is 0.341 e. The van der Waals surface area contributed by atoms with E-state index < -0.39 is 24.3 Å². The van der Waals surface area contributed by atoms with Crippen LogP contribution >= 0.6 is 11.7 Å². The third-order valence-corrected chi connectivity index (χ3v) is 6.20. The number of benzene rings is 3. The summed E-state index contributed by atoms with van der Waals surface area (Å²) >= 11 is 1.00. The first-order chi connectivity index (χ1) is 17.8. The predicted octanol–water partition coefficient (Wildman–Crippen LogP) is 4.44. The summed E-state index contributed by atoms with van der Waals surface area (Å²) in [6.45, 7) is 1.26. The highest BCUT2D eigenvalue weighted by Gasteiger charge is 2.25. The van der Waals surface area contributed by atoms with Crippen molar-refractivity contribution in [2.45, 2.75) is 13.3 Å². The first kappa shape index (κ1) is 25.5. The van der Waals surface area contributed by atoms with Gasteiger partial charge in [0.25, 0.3) is 0 Å². The minimum absolute atomic E-state index is 0.00392. The molecule has 0 radical (unpaired) electrons. The summed E-state index contributed by atoms with van der Waals surface area (Å²) in [5.41, 5.74) is 2.92. The van der Waals surface area contributed by atoms with Crippen LogP contribution in [0.25, 0.3) is 16.6 Å². The van der Waals surface area contributed by atoms with Crippen molar-refractivity contribution < 1.29 is 34.1 Å². The molecule has 0 unspecified atom stereocenters. The Hall–Kier alpha value is -4.57. The highest BCUT2D eigenvalue weighted by atomic mass is 32.1. The normalized spacial score (nSPS) is 11.6. The lowest BCUT2D eigenvalue weighted by atomic mass is 9.89. The quantitative estimate of drug-likeness (QED) is 0.231. The third-order valence-electron chi connectivity index (χ3n) is 5.64. The van der Waals surface area contributed by atoms with Gasteiger partial charge in [-0.15, -0.1) is 0 Å². The van der Waals surface area contributed by atoms with E-state index in [4.69, 9.17) is 14.6 Å². The number of carboxylic acids is 2. The second-order valence-electron chi connectivity index (χ2n) is 8.15. The van der Waals surface area contributed by atoms with Crippen LogP contribution in [-0.2, 0) is 16.0 Å². The third kappa shape index (κ3) is 5.81. The monoisotopic (exact) mass is 518 g/mol. The molecule has 4 rings (SSSR count). The van der Waals surface area contributed by atoms with E-state index in [1.807, 2.05) is 6.92 Å². The van der Waals surface area contributed by atoms with Crippen molar-refractivity contribution in [2.24, 2.45) is 0 Å². The molecule has 0 aliphatic heterocycles. The number of methoxy groups -OCH3 is 1. The maximum absolute atomic E-state index is 13.8. The molecule has 3 aromatic carbocycles. The van der Waals surface area contributed by atoms with Gasteiger partial charge in [0.2, 0.25) is 0 Å². The second kappa shape index (κ2) is 11.0. The summed E-state index contributed by atoms with van der Waals surface area (Å²) in [6, 6.07) is 16.4. The molecule has 4 aromatic rings. The number of Topliss-reactive ketones (excluding diaryl/α,β-unsaturated/α-hetero) is 1. The number of ketones is 1. The van der Waals surface area contributed by atoms with Crippen LogP contribution in [0.15, 0.2) is 66.2 Å². The molecule has 2 N–H and O–H groups in total. The zero-order valence-electron chi connectivity index (χ0n) is 19.9. The summed E-state index contributed by atoms with van der Waals surface area (Å²) in [4.78, 5) is 37.6. The van der Waals surface area contributed by atoms with Gasteiger partial charge in [0.15, 0.2) is 12.4 Å². The SMILES string of the molecule is COc1ccc(CC(C(=O)c2ccc(C)cc2)=C(C(=O)O)c2ccc3nsnc3c2)c(OCC(=O)O)c1. The van der Waals surface area contributed by atoms with Crippen LogP contribution in [0.2, 0.25) is 0 Å². The minimum Gasteiger partial charge on any atom is -0.497 e. The minimum atomic E-state index is -1.29. The number of hydrogen-bond donors (Lipinski definition) is 2. The molecule has 1 aromatic heterocycles. The number of allylic oxidation sites excluding steroid dienone is 1. The summed E-state index contributed by atoms with van der Waals surface area (Å²) in [5.74, 6) is -2.37. The lowest BCUT2D eigenvalue weighted by Crippen LogP contribution is -2.15. The van der Waals surface area contributed by atoms with Gasteiger partial charge >= 0.3 is 11.9 Å². The van der Waals surface area contributed by atoms with Gasteiger partial charge in [-0.1, -0.05) is 42.0 Å². The number of aromatic nitrogens is 2. The maximum Gasteiger partial charge on any atom is 0.341 e. The molecular formula is C27H22N2O7S. The topological polar surface area (TPSA) is 136 Å². The highest BCUT2D eigenvalue weighted by molar-refractivity contribution is 7.00. The molecule has 1 heterocycles. The summed E-state index contributed by atoms with van der Waals surface area (Å²) in [6.07, 6.45) is -0.138. The van der Waals surface area contributed by atoms with Gasteiger partial charge in [-0.2, -0.15) is 8.75 Å². The van der Waals surface area contributed by atoms with E-state index in [9.17, 15) is 19.5 Å². The molecule has 0 aliphatic rings. The van der Waals surface area contributed by atoms with E-state index in [-0.39, 0.29) is 23.3 Å². The van der Waals surface area contributed by atoms with Crippen molar-refractivity contribution in [3.8, 4) is 11.5 Å². The van der Waals surface area contributed by atoms with Crippen LogP contribution < -0.4 is 9.47 Å². The van der Waals surface area contributed by atoms with Crippen LogP contribution in [0.1, 0.15) is 27.0 Å². The Morgan fingerprint density at radius 3 is 2.27 bits per heavy atom. The number of hydrogen-bond acceptors (Lipinski definition) is 8. The van der Waals surface area contributed by atoms with Gasteiger partial charge in [0.1, 0.15) is 22.5 Å². The molecule has 0 atom stereocenters. The van der Waals surface area contributed by atoms with Crippen LogP contribution in [-0.4, -0.2) is 50.4 Å². The number of carbonyl (C=O) groups excluding carboxylic acids is 1. The molecule has 37 heavy (non-hydrogen) atoms. The zero-order valence-corrected chi connectivity index (χ0v) is 20.7. The van der Waals surface area contributed by atoms with Gasteiger partial charge in [0.05, 0.1) is 24.4 Å². The Kier molecular flexibility index (Phi) is 7.59. The fraction of sp³-hybridized carbons (Fsp3) is 0.148. The number of aryl methyl sites for hydroxylation is 1. The van der Waals surface area contributed by atoms with Gasteiger partial charge in [-0.3, -0.25) is 4.79 Å². The van der Waals surface area contributed by atoms with E-state index in [2.05, 4.69) is 8.75 Å². The average molecular weight is 519 g/mol. The lowest BCUT2D eigenvalue weighted by Gasteiger charge is -2.16. The Labute approximate surface area is 215 Å². The zero-order chi connectivity index (χ0) is 26.5. The van der Waals surface area contributed by atoms with Gasteiger partial charge in [0, 0.05) is 23.6 Å². The molecule has 9 nitrogen and oxygen atoms in total. The van der Waals surface area contributed by atoms with Crippen molar-refractivity contribution in [3.05, 3.63) is 88.5 Å². The van der Waals surface area contributed by atoms with E-state index >= 15 is 0 Å². The molecule has 10 heteroatoms. The van der Waals surface area contributed by atoms with Crippen molar-refractivity contribution in [3.63, 3.8) is 0 Å². The Morgan fingerprint density at radius 1 is 0.892 bits per heavy atom. The fourth-order valence-electron chi connectivity index (χ4n) is 3.80. The summed E-state index contributed by atoms with van der Waals surface area (Å²) < 4.78 is 19.0. The first-order valence-corrected chi connectivity index (χ1v) is 11.8. The number of carboxylic acid groups (broad SMARTS) is 2. The number of nitrogens with zero attached hydrogens (tertiary/aromatic N) is 2. The molecule has 0 saturated carbocycles. The predicted molar refractivity (Wildman–Crippen MR) is 137 cm³/mol. The molecular weight excluding hydrogens is 496 g/mol. The molecule has 0 saturated heterocycles. The summed E-state index contributed by atoms with van der Waals surface area (Å²) in [7, 11) is 1.45. The Balaban J connectivity index is 1.91. The van der Waals surface area contributed by atoms with E-state index in [0.717, 1.165) is 17.3 Å². The second-order valence-corrected chi connectivity index (χ2v) is 8.68. The lowest BCUT2D eigenvalue weighted by molar-refractivity contribution is -0.139. The number of carbonyl (C=O) groups is 3. The fourth-order valence-corrected chi connectivity index (χ4v) is 4.32. The van der Waals surface area contributed by atoms with Gasteiger partial charge in [-0.25, -0.2) is 9.59 Å². The number of ether oxygens (including phenoxy) is 2. The van der Waals surface area contributed by atoms with Gasteiger partial charge < -0.3 is 19.7 Å².